The summed E-state index contributed by atoms with van der Waals surface area (Å²) in [6, 6.07) is 0.153. The molecule has 0 N–H and O–H groups in total. The molecule has 0 bridgehead atoms. The molecule has 0 saturated carbocycles. The molecule has 2 aliphatic rings. The molecule has 0 spiro atoms. The summed E-state index contributed by atoms with van der Waals surface area (Å²) in [5.41, 5.74) is 0. The Labute approximate surface area is 96.0 Å². The van der Waals surface area contributed by atoms with Gasteiger partial charge in [0, 0.05) is 46.2 Å². The molecule has 2 saturated heterocycles. The molecule has 90 valence electrons. The van der Waals surface area contributed by atoms with Crippen LogP contribution in [0.3, 0.4) is 0 Å². The van der Waals surface area contributed by atoms with Crippen molar-refractivity contribution in [2.75, 3.05) is 39.3 Å². The average molecular weight is 225 g/mol. The average Bonchev–Trinajstić information content (AvgIpc) is 2.81. The Bertz CT molecular complexity index is 279. The van der Waals surface area contributed by atoms with Crippen molar-refractivity contribution < 1.29 is 9.59 Å². The number of likely N-dealkylation sites (tertiary alicyclic amines) is 1. The van der Waals surface area contributed by atoms with Gasteiger partial charge in [0.2, 0.25) is 5.91 Å². The van der Waals surface area contributed by atoms with Crippen LogP contribution in [-0.4, -0.2) is 65.9 Å². The Morgan fingerprint density at radius 3 is 1.69 bits per heavy atom. The van der Waals surface area contributed by atoms with Crippen LogP contribution in [0.1, 0.15) is 19.8 Å². The highest BCUT2D eigenvalue weighted by atomic mass is 16.2. The molecule has 0 aromatic carbocycles. The maximum Gasteiger partial charge on any atom is 0.320 e. The van der Waals surface area contributed by atoms with Crippen LogP contribution < -0.4 is 0 Å². The second kappa shape index (κ2) is 4.72. The van der Waals surface area contributed by atoms with Crippen molar-refractivity contribution in [3.63, 3.8) is 0 Å². The van der Waals surface area contributed by atoms with Crippen LogP contribution >= 0.6 is 0 Å². The second-order valence-corrected chi connectivity index (χ2v) is 4.47. The Hall–Kier alpha value is -1.26. The smallest absolute Gasteiger partial charge is 0.320 e. The summed E-state index contributed by atoms with van der Waals surface area (Å²) in [5, 5.41) is 0. The van der Waals surface area contributed by atoms with E-state index < -0.39 is 0 Å². The third-order valence-corrected chi connectivity index (χ3v) is 3.37. The fourth-order valence-electron chi connectivity index (χ4n) is 2.32. The minimum absolute atomic E-state index is 0.105. The molecule has 0 radical (unpaired) electrons. The predicted octanol–water partition coefficient (Wildman–Crippen LogP) is 0.366. The Morgan fingerprint density at radius 1 is 0.750 bits per heavy atom. The molecule has 3 amide bonds. The van der Waals surface area contributed by atoms with E-state index in [1.165, 1.54) is 0 Å². The fraction of sp³-hybridized carbons (Fsp3) is 0.818. The molecular weight excluding hydrogens is 206 g/mol. The van der Waals surface area contributed by atoms with Gasteiger partial charge in [-0.05, 0) is 12.8 Å². The molecular formula is C11H19N3O2. The van der Waals surface area contributed by atoms with Gasteiger partial charge in [-0.1, -0.05) is 0 Å². The van der Waals surface area contributed by atoms with Crippen molar-refractivity contribution in [3.05, 3.63) is 0 Å². The molecule has 0 unspecified atom stereocenters. The maximum atomic E-state index is 12.0. The summed E-state index contributed by atoms with van der Waals surface area (Å²) < 4.78 is 0. The van der Waals surface area contributed by atoms with Crippen molar-refractivity contribution in [1.29, 1.82) is 0 Å². The summed E-state index contributed by atoms with van der Waals surface area (Å²) in [7, 11) is 0. The first-order valence-corrected chi connectivity index (χ1v) is 5.98. The van der Waals surface area contributed by atoms with Crippen LogP contribution in [0.5, 0.6) is 0 Å². The molecule has 5 heteroatoms. The van der Waals surface area contributed by atoms with Gasteiger partial charge in [0.05, 0.1) is 0 Å². The van der Waals surface area contributed by atoms with Crippen LogP contribution in [0.15, 0.2) is 0 Å². The van der Waals surface area contributed by atoms with Crippen molar-refractivity contribution >= 4 is 11.9 Å². The van der Waals surface area contributed by atoms with E-state index in [1.807, 2.05) is 9.80 Å². The summed E-state index contributed by atoms with van der Waals surface area (Å²) in [6.45, 7) is 6.07. The summed E-state index contributed by atoms with van der Waals surface area (Å²) in [4.78, 5) is 28.8. The summed E-state index contributed by atoms with van der Waals surface area (Å²) >= 11 is 0. The van der Waals surface area contributed by atoms with Crippen molar-refractivity contribution in [1.82, 2.24) is 14.7 Å². The van der Waals surface area contributed by atoms with E-state index in [2.05, 4.69) is 0 Å². The molecule has 2 heterocycles. The highest BCUT2D eigenvalue weighted by molar-refractivity contribution is 5.76. The standard InChI is InChI=1S/C11H19N3O2/c1-10(15)12-6-8-14(9-7-12)11(16)13-4-2-3-5-13/h2-9H2,1H3. The van der Waals surface area contributed by atoms with E-state index in [-0.39, 0.29) is 11.9 Å². The van der Waals surface area contributed by atoms with E-state index in [0.29, 0.717) is 26.2 Å². The van der Waals surface area contributed by atoms with Crippen LogP contribution in [0.25, 0.3) is 0 Å². The Morgan fingerprint density at radius 2 is 1.19 bits per heavy atom. The third-order valence-electron chi connectivity index (χ3n) is 3.37. The van der Waals surface area contributed by atoms with E-state index in [1.54, 1.807) is 11.8 Å². The number of nitrogens with zero attached hydrogens (tertiary/aromatic N) is 3. The van der Waals surface area contributed by atoms with Gasteiger partial charge in [0.25, 0.3) is 0 Å². The Kier molecular flexibility index (Phi) is 3.31. The quantitative estimate of drug-likeness (QED) is 0.597. The van der Waals surface area contributed by atoms with Gasteiger partial charge in [-0.15, -0.1) is 0 Å². The van der Waals surface area contributed by atoms with E-state index in [9.17, 15) is 9.59 Å². The lowest BCUT2D eigenvalue weighted by Crippen LogP contribution is -2.53. The lowest BCUT2D eigenvalue weighted by Gasteiger charge is -2.36. The number of urea groups is 1. The van der Waals surface area contributed by atoms with Gasteiger partial charge >= 0.3 is 6.03 Å². The number of rotatable bonds is 0. The van der Waals surface area contributed by atoms with E-state index in [4.69, 9.17) is 0 Å². The minimum Gasteiger partial charge on any atom is -0.339 e. The molecule has 16 heavy (non-hydrogen) atoms. The SMILES string of the molecule is CC(=O)N1CCN(C(=O)N2CCCC2)CC1. The van der Waals surface area contributed by atoms with Gasteiger partial charge in [0.15, 0.2) is 0 Å². The zero-order valence-electron chi connectivity index (χ0n) is 9.81. The highest BCUT2D eigenvalue weighted by Crippen LogP contribution is 2.12. The van der Waals surface area contributed by atoms with Gasteiger partial charge in [0.1, 0.15) is 0 Å². The molecule has 0 aromatic rings. The van der Waals surface area contributed by atoms with Gasteiger partial charge in [-0.2, -0.15) is 0 Å². The monoisotopic (exact) mass is 225 g/mol. The number of hydrogen-bond donors (Lipinski definition) is 0. The van der Waals surface area contributed by atoms with E-state index in [0.717, 1.165) is 25.9 Å². The molecule has 5 nitrogen and oxygen atoms in total. The number of piperazine rings is 1. The van der Waals surface area contributed by atoms with Crippen LogP contribution in [0.4, 0.5) is 4.79 Å². The Balaban J connectivity index is 1.84. The van der Waals surface area contributed by atoms with Crippen molar-refractivity contribution in [3.8, 4) is 0 Å². The molecule has 2 aliphatic heterocycles. The molecule has 0 aliphatic carbocycles. The first kappa shape index (κ1) is 11.2. The van der Waals surface area contributed by atoms with Crippen molar-refractivity contribution in [2.24, 2.45) is 0 Å². The lowest BCUT2D eigenvalue weighted by molar-refractivity contribution is -0.130. The van der Waals surface area contributed by atoms with Crippen molar-refractivity contribution in [2.45, 2.75) is 19.8 Å². The second-order valence-electron chi connectivity index (χ2n) is 4.47. The number of amides is 3. The minimum atomic E-state index is 0.105. The molecule has 0 aromatic heterocycles. The lowest BCUT2D eigenvalue weighted by atomic mass is 10.3. The summed E-state index contributed by atoms with van der Waals surface area (Å²) in [5.74, 6) is 0.105. The summed E-state index contributed by atoms with van der Waals surface area (Å²) in [6.07, 6.45) is 2.25. The fourth-order valence-corrected chi connectivity index (χ4v) is 2.32. The number of carbonyl (C=O) groups excluding carboxylic acids is 2. The topological polar surface area (TPSA) is 43.9 Å². The molecule has 2 rings (SSSR count). The first-order valence-electron chi connectivity index (χ1n) is 5.98. The number of hydrogen-bond acceptors (Lipinski definition) is 2. The van der Waals surface area contributed by atoms with Crippen LogP contribution in [0.2, 0.25) is 0 Å². The largest absolute Gasteiger partial charge is 0.339 e. The first-order chi connectivity index (χ1) is 7.68. The maximum absolute atomic E-state index is 12.0. The zero-order chi connectivity index (χ0) is 11.5. The van der Waals surface area contributed by atoms with Gasteiger partial charge < -0.3 is 14.7 Å². The van der Waals surface area contributed by atoms with Gasteiger partial charge in [-0.25, -0.2) is 4.79 Å². The zero-order valence-corrected chi connectivity index (χ0v) is 9.81. The molecule has 0 atom stereocenters. The van der Waals surface area contributed by atoms with Crippen LogP contribution in [0, 0.1) is 0 Å². The molecule has 2 fully saturated rings. The third kappa shape index (κ3) is 2.28. The number of carbonyl (C=O) groups is 2. The highest BCUT2D eigenvalue weighted by Gasteiger charge is 2.27. The predicted molar refractivity (Wildman–Crippen MR) is 60.0 cm³/mol. The van der Waals surface area contributed by atoms with Gasteiger partial charge in [-0.3, -0.25) is 4.79 Å². The van der Waals surface area contributed by atoms with Crippen LogP contribution in [-0.2, 0) is 4.79 Å². The van der Waals surface area contributed by atoms with E-state index >= 15 is 0 Å². The normalized spacial score (nSPS) is 21.4.